The summed E-state index contributed by atoms with van der Waals surface area (Å²) in [6, 6.07) is 14.1. The van der Waals surface area contributed by atoms with Crippen LogP contribution in [0, 0.1) is 53.8 Å². The fourth-order valence-corrected chi connectivity index (χ4v) is 9.49. The first-order valence-corrected chi connectivity index (χ1v) is 17.0. The molecule has 0 spiro atoms. The van der Waals surface area contributed by atoms with Gasteiger partial charge in [-0.3, -0.25) is 19.2 Å². The fraction of sp³-hybridized carbons (Fsp3) is 0.243. The number of halogens is 8. The molecule has 6 unspecified atom stereocenters. The number of aromatic hydroxyl groups is 1. The van der Waals surface area contributed by atoms with Crippen LogP contribution in [0.4, 0.5) is 33.3 Å². The number of phenols is 1. The van der Waals surface area contributed by atoms with E-state index in [1.165, 1.54) is 18.2 Å². The minimum absolute atomic E-state index is 0.0617. The van der Waals surface area contributed by atoms with Gasteiger partial charge in [-0.2, -0.15) is 0 Å². The maximum atomic E-state index is 15.3. The maximum absolute atomic E-state index is 15.3. The van der Waals surface area contributed by atoms with E-state index in [0.717, 1.165) is 4.90 Å². The lowest BCUT2D eigenvalue weighted by Crippen LogP contribution is -2.60. The van der Waals surface area contributed by atoms with Gasteiger partial charge in [-0.05, 0) is 48.8 Å². The number of alkyl halides is 2. The molecule has 4 aromatic rings. The van der Waals surface area contributed by atoms with Gasteiger partial charge in [0.2, 0.25) is 17.6 Å². The molecule has 0 aromatic heterocycles. The molecule has 2 heterocycles. The Bertz CT molecular complexity index is 2360. The summed E-state index contributed by atoms with van der Waals surface area (Å²) in [5.41, 5.74) is -0.887. The molecule has 0 bridgehead atoms. The Balaban J connectivity index is 1.35. The van der Waals surface area contributed by atoms with Crippen molar-refractivity contribution in [3.63, 3.8) is 0 Å². The molecule has 52 heavy (non-hydrogen) atoms. The number of aryl methyl sites for hydroxylation is 1. The van der Waals surface area contributed by atoms with Gasteiger partial charge in [0, 0.05) is 21.9 Å². The molecular formula is C37H22Cl3F5N2O5. The molecule has 2 aliphatic heterocycles. The average Bonchev–Trinajstić information content (AvgIpc) is 3.46. The van der Waals surface area contributed by atoms with Crippen molar-refractivity contribution in [2.45, 2.75) is 35.4 Å². The predicted molar refractivity (Wildman–Crippen MR) is 181 cm³/mol. The van der Waals surface area contributed by atoms with E-state index in [-0.39, 0.29) is 38.6 Å². The molecule has 7 nitrogen and oxygen atoms in total. The number of hydrogen-bond donors (Lipinski definition) is 1. The van der Waals surface area contributed by atoms with Crippen LogP contribution in [0.1, 0.15) is 29.9 Å². The van der Waals surface area contributed by atoms with Crippen LogP contribution in [0.2, 0.25) is 5.02 Å². The summed E-state index contributed by atoms with van der Waals surface area (Å²) >= 11 is 20.7. The molecular weight excluding hydrogens is 754 g/mol. The standard InChI is InChI=1S/C37H22Cl3F5N2O5/c1-14-6-8-16(12-22(14)38)46-32(49)19-11-10-18-21(23(19)33(46)50)13-36(39)34(51)47(30-28(44)26(42)25(41)27(43)29(30)45)35(52)37(36,40)24(18)20-9-7-15-4-2-3-5-17(15)31(20)48/h2-10,12,19,21,23-24,48H,11,13H2,1H3. The molecule has 4 aliphatic rings. The van der Waals surface area contributed by atoms with Gasteiger partial charge >= 0.3 is 0 Å². The zero-order chi connectivity index (χ0) is 37.3. The number of rotatable bonds is 3. The van der Waals surface area contributed by atoms with Crippen molar-refractivity contribution >= 4 is 80.6 Å². The first kappa shape index (κ1) is 34.6. The normalized spacial score (nSPS) is 28.4. The second-order valence-electron chi connectivity index (χ2n) is 13.4. The number of imide groups is 2. The molecule has 4 aromatic carbocycles. The summed E-state index contributed by atoms with van der Waals surface area (Å²) in [6.07, 6.45) is 0.822. The van der Waals surface area contributed by atoms with Gasteiger partial charge in [0.25, 0.3) is 11.8 Å². The van der Waals surface area contributed by atoms with E-state index in [4.69, 9.17) is 34.8 Å². The zero-order valence-corrected chi connectivity index (χ0v) is 28.8. The van der Waals surface area contributed by atoms with Crippen LogP contribution in [0.3, 0.4) is 0 Å². The molecule has 8 rings (SSSR count). The van der Waals surface area contributed by atoms with Crippen molar-refractivity contribution < 1.29 is 46.2 Å². The average molecular weight is 776 g/mol. The predicted octanol–water partition coefficient (Wildman–Crippen LogP) is 7.97. The zero-order valence-electron chi connectivity index (χ0n) is 26.5. The van der Waals surface area contributed by atoms with Crippen LogP contribution in [0.15, 0.2) is 66.2 Å². The Labute approximate surface area is 306 Å². The molecule has 3 fully saturated rings. The second kappa shape index (κ2) is 11.5. The van der Waals surface area contributed by atoms with E-state index in [0.29, 0.717) is 10.9 Å². The van der Waals surface area contributed by atoms with Gasteiger partial charge in [-0.15, -0.1) is 23.2 Å². The number of carbonyl (C=O) groups is 4. The van der Waals surface area contributed by atoms with E-state index in [2.05, 4.69) is 0 Å². The number of phenolic OH excluding ortho intramolecular Hbond substituents is 1. The van der Waals surface area contributed by atoms with E-state index in [9.17, 15) is 37.5 Å². The molecule has 1 N–H and O–H groups in total. The van der Waals surface area contributed by atoms with Crippen LogP contribution < -0.4 is 9.80 Å². The van der Waals surface area contributed by atoms with Crippen molar-refractivity contribution in [1.29, 1.82) is 0 Å². The van der Waals surface area contributed by atoms with Crippen molar-refractivity contribution in [2.24, 2.45) is 17.8 Å². The van der Waals surface area contributed by atoms with Crippen LogP contribution in [-0.4, -0.2) is 38.5 Å². The Morgan fingerprint density at radius 3 is 2.12 bits per heavy atom. The Kier molecular flexibility index (Phi) is 7.64. The number of hydrogen-bond acceptors (Lipinski definition) is 5. The Hall–Kier alpha value is -4.52. The Morgan fingerprint density at radius 2 is 1.44 bits per heavy atom. The summed E-state index contributed by atoms with van der Waals surface area (Å²) in [4.78, 5) is 52.3. The summed E-state index contributed by atoms with van der Waals surface area (Å²) in [5.74, 6) is -22.2. The lowest BCUT2D eigenvalue weighted by atomic mass is 9.56. The number of amides is 4. The highest BCUT2D eigenvalue weighted by Crippen LogP contribution is 2.67. The topological polar surface area (TPSA) is 95.0 Å². The summed E-state index contributed by atoms with van der Waals surface area (Å²) < 4.78 is 73.7. The molecule has 2 saturated heterocycles. The van der Waals surface area contributed by atoms with Gasteiger partial charge in [0.05, 0.1) is 17.5 Å². The van der Waals surface area contributed by atoms with Crippen LogP contribution in [0.25, 0.3) is 10.8 Å². The molecule has 4 amide bonds. The van der Waals surface area contributed by atoms with Gasteiger partial charge in [0.1, 0.15) is 11.4 Å². The number of fused-ring (bicyclic) bond motifs is 5. The first-order chi connectivity index (χ1) is 24.6. The van der Waals surface area contributed by atoms with Crippen LogP contribution in [-0.2, 0) is 19.2 Å². The smallest absolute Gasteiger partial charge is 0.258 e. The lowest BCUT2D eigenvalue weighted by molar-refractivity contribution is -0.125. The first-order valence-electron chi connectivity index (χ1n) is 15.9. The third-order valence-electron chi connectivity index (χ3n) is 10.9. The van der Waals surface area contributed by atoms with Crippen molar-refractivity contribution in [3.05, 3.63) is 111 Å². The largest absolute Gasteiger partial charge is 0.507 e. The van der Waals surface area contributed by atoms with Gasteiger partial charge in [-0.25, -0.2) is 31.8 Å². The number of allylic oxidation sites excluding steroid dienone is 2. The van der Waals surface area contributed by atoms with Crippen molar-refractivity contribution in [3.8, 4) is 5.75 Å². The number of carbonyl (C=O) groups excluding carboxylic acids is 4. The molecule has 1 saturated carbocycles. The molecule has 6 atom stereocenters. The highest BCUT2D eigenvalue weighted by Gasteiger charge is 2.77. The van der Waals surface area contributed by atoms with E-state index >= 15 is 8.78 Å². The number of anilines is 2. The minimum Gasteiger partial charge on any atom is -0.507 e. The summed E-state index contributed by atoms with van der Waals surface area (Å²) in [5, 5.41) is 12.8. The summed E-state index contributed by atoms with van der Waals surface area (Å²) in [6.45, 7) is 1.73. The third-order valence-corrected chi connectivity index (χ3v) is 12.7. The molecule has 2 aliphatic carbocycles. The summed E-state index contributed by atoms with van der Waals surface area (Å²) in [7, 11) is 0. The van der Waals surface area contributed by atoms with Crippen molar-refractivity contribution in [1.82, 2.24) is 0 Å². The third kappa shape index (κ3) is 4.25. The quantitative estimate of drug-likeness (QED) is 0.0569. The highest BCUT2D eigenvalue weighted by molar-refractivity contribution is 6.58. The lowest BCUT2D eigenvalue weighted by Gasteiger charge is -2.50. The number of benzene rings is 4. The molecule has 15 heteroatoms. The van der Waals surface area contributed by atoms with Gasteiger partial charge < -0.3 is 5.11 Å². The minimum atomic E-state index is -2.77. The Morgan fingerprint density at radius 1 is 0.788 bits per heavy atom. The van der Waals surface area contributed by atoms with Gasteiger partial charge in [0.15, 0.2) is 33.0 Å². The van der Waals surface area contributed by atoms with Crippen LogP contribution >= 0.6 is 34.8 Å². The fourth-order valence-electron chi connectivity index (χ4n) is 8.39. The van der Waals surface area contributed by atoms with E-state index < -0.39 is 104 Å². The molecule has 266 valence electrons. The molecule has 0 radical (unpaired) electrons. The van der Waals surface area contributed by atoms with E-state index in [1.807, 2.05) is 0 Å². The van der Waals surface area contributed by atoms with Crippen molar-refractivity contribution in [2.75, 3.05) is 9.80 Å². The van der Waals surface area contributed by atoms with Crippen LogP contribution in [0.5, 0.6) is 5.75 Å². The monoisotopic (exact) mass is 774 g/mol. The van der Waals surface area contributed by atoms with Gasteiger partial charge in [-0.1, -0.05) is 65.7 Å². The second-order valence-corrected chi connectivity index (χ2v) is 15.0. The highest BCUT2D eigenvalue weighted by atomic mass is 35.5. The van der Waals surface area contributed by atoms with E-state index in [1.54, 1.807) is 49.4 Å². The maximum Gasteiger partial charge on any atom is 0.258 e. The number of nitrogens with zero attached hydrogens (tertiary/aromatic N) is 2. The SMILES string of the molecule is Cc1ccc(N2C(=O)C3CC=C4C(CC5(Cl)C(=O)N(c6c(F)c(F)c(F)c(F)c6F)C(=O)C5(Cl)C4c4ccc5ccccc5c4O)C3C2=O)cc1Cl.